The molecule has 7 heteroatoms. The molecule has 0 spiro atoms. The van der Waals surface area contributed by atoms with E-state index in [4.69, 9.17) is 0 Å². The molecule has 2 rings (SSSR count). The zero-order chi connectivity index (χ0) is 14.8. The standard InChI is InChI=1S/C13H11NO5S/c15-13-7-6-11(8-12(13)14(16)17)20(18,19)9-10-4-2-1-3-5-10/h1-8,15H,9H2. The van der Waals surface area contributed by atoms with Gasteiger partial charge in [0.2, 0.25) is 0 Å². The molecule has 0 heterocycles. The van der Waals surface area contributed by atoms with Crippen LogP contribution in [0.4, 0.5) is 5.69 Å². The number of sulfone groups is 1. The summed E-state index contributed by atoms with van der Waals surface area (Å²) in [4.78, 5) is 9.70. The Bertz CT molecular complexity index is 741. The van der Waals surface area contributed by atoms with Crippen molar-refractivity contribution in [1.29, 1.82) is 0 Å². The number of nitro benzene ring substituents is 1. The van der Waals surface area contributed by atoms with Crippen LogP contribution < -0.4 is 0 Å². The second kappa shape index (κ2) is 5.30. The molecule has 2 aromatic rings. The molecule has 0 aliphatic rings. The fourth-order valence-corrected chi connectivity index (χ4v) is 3.08. The van der Waals surface area contributed by atoms with Crippen molar-refractivity contribution in [2.45, 2.75) is 10.6 Å². The van der Waals surface area contributed by atoms with Crippen molar-refractivity contribution in [1.82, 2.24) is 0 Å². The Labute approximate surface area is 115 Å². The minimum Gasteiger partial charge on any atom is -0.502 e. The number of phenols is 1. The van der Waals surface area contributed by atoms with Crippen molar-refractivity contribution >= 4 is 15.5 Å². The molecule has 0 saturated heterocycles. The zero-order valence-electron chi connectivity index (χ0n) is 10.3. The van der Waals surface area contributed by atoms with Crippen LogP contribution in [0.5, 0.6) is 5.75 Å². The van der Waals surface area contributed by atoms with Gasteiger partial charge >= 0.3 is 5.69 Å². The van der Waals surface area contributed by atoms with Gasteiger partial charge in [0.1, 0.15) is 0 Å². The molecule has 0 aliphatic heterocycles. The number of nitro groups is 1. The van der Waals surface area contributed by atoms with Crippen molar-refractivity contribution in [2.24, 2.45) is 0 Å². The lowest BCUT2D eigenvalue weighted by atomic mass is 10.2. The molecular formula is C13H11NO5S. The third kappa shape index (κ3) is 2.94. The van der Waals surface area contributed by atoms with E-state index in [0.717, 1.165) is 18.2 Å². The number of hydrogen-bond donors (Lipinski definition) is 1. The van der Waals surface area contributed by atoms with Gasteiger partial charge in [-0.05, 0) is 17.7 Å². The van der Waals surface area contributed by atoms with Crippen LogP contribution in [0.1, 0.15) is 5.56 Å². The molecule has 1 N–H and O–H groups in total. The summed E-state index contributed by atoms with van der Waals surface area (Å²) in [6.45, 7) is 0. The lowest BCUT2D eigenvalue weighted by molar-refractivity contribution is -0.386. The Hall–Kier alpha value is -2.41. The lowest BCUT2D eigenvalue weighted by Crippen LogP contribution is -2.05. The Balaban J connectivity index is 2.40. The minimum absolute atomic E-state index is 0.189. The predicted molar refractivity (Wildman–Crippen MR) is 72.1 cm³/mol. The highest BCUT2D eigenvalue weighted by atomic mass is 32.2. The summed E-state index contributed by atoms with van der Waals surface area (Å²) in [5.41, 5.74) is -0.0395. The highest BCUT2D eigenvalue weighted by molar-refractivity contribution is 7.90. The summed E-state index contributed by atoms with van der Waals surface area (Å²) in [5, 5.41) is 20.0. The largest absolute Gasteiger partial charge is 0.502 e. The van der Waals surface area contributed by atoms with Crippen molar-refractivity contribution in [3.63, 3.8) is 0 Å². The van der Waals surface area contributed by atoms with E-state index < -0.39 is 26.2 Å². The maximum absolute atomic E-state index is 12.2. The van der Waals surface area contributed by atoms with Crippen LogP contribution in [-0.4, -0.2) is 18.4 Å². The fraction of sp³-hybridized carbons (Fsp3) is 0.0769. The summed E-state index contributed by atoms with van der Waals surface area (Å²) < 4.78 is 24.4. The monoisotopic (exact) mass is 293 g/mol. The number of rotatable bonds is 4. The van der Waals surface area contributed by atoms with Gasteiger partial charge in [-0.15, -0.1) is 0 Å². The van der Waals surface area contributed by atoms with Crippen LogP contribution in [0.15, 0.2) is 53.4 Å². The van der Waals surface area contributed by atoms with E-state index >= 15 is 0 Å². The van der Waals surface area contributed by atoms with Crippen LogP contribution >= 0.6 is 0 Å². The maximum Gasteiger partial charge on any atom is 0.311 e. The molecule has 0 unspecified atom stereocenters. The van der Waals surface area contributed by atoms with Crippen molar-refractivity contribution in [3.8, 4) is 5.75 Å². The van der Waals surface area contributed by atoms with E-state index in [9.17, 15) is 23.6 Å². The van der Waals surface area contributed by atoms with Crippen molar-refractivity contribution < 1.29 is 18.4 Å². The highest BCUT2D eigenvalue weighted by Crippen LogP contribution is 2.29. The first-order chi connectivity index (χ1) is 9.40. The Morgan fingerprint density at radius 1 is 1.10 bits per heavy atom. The molecular weight excluding hydrogens is 282 g/mol. The van der Waals surface area contributed by atoms with Gasteiger partial charge in [-0.3, -0.25) is 10.1 Å². The molecule has 0 amide bonds. The van der Waals surface area contributed by atoms with E-state index in [1.165, 1.54) is 0 Å². The van der Waals surface area contributed by atoms with Crippen LogP contribution in [-0.2, 0) is 15.6 Å². The van der Waals surface area contributed by atoms with Gasteiger partial charge in [-0.25, -0.2) is 8.42 Å². The number of hydrogen-bond acceptors (Lipinski definition) is 5. The molecule has 104 valence electrons. The molecule has 0 bridgehead atoms. The average molecular weight is 293 g/mol. The number of nitrogens with zero attached hydrogens (tertiary/aromatic N) is 1. The minimum atomic E-state index is -3.70. The van der Waals surface area contributed by atoms with Gasteiger partial charge in [0, 0.05) is 6.07 Å². The highest BCUT2D eigenvalue weighted by Gasteiger charge is 2.21. The first-order valence-electron chi connectivity index (χ1n) is 5.64. The quantitative estimate of drug-likeness (QED) is 0.689. The molecule has 2 aromatic carbocycles. The molecule has 0 fully saturated rings. The van der Waals surface area contributed by atoms with Crippen LogP contribution in [0.2, 0.25) is 0 Å². The van der Waals surface area contributed by atoms with E-state index in [0.29, 0.717) is 5.56 Å². The average Bonchev–Trinajstić information content (AvgIpc) is 2.39. The van der Waals surface area contributed by atoms with E-state index in [2.05, 4.69) is 0 Å². The van der Waals surface area contributed by atoms with E-state index in [1.54, 1.807) is 30.3 Å². The Morgan fingerprint density at radius 3 is 2.35 bits per heavy atom. The number of benzene rings is 2. The Morgan fingerprint density at radius 2 is 1.75 bits per heavy atom. The summed E-state index contributed by atoms with van der Waals surface area (Å²) in [7, 11) is -3.70. The van der Waals surface area contributed by atoms with Gasteiger partial charge < -0.3 is 5.11 Å². The van der Waals surface area contributed by atoms with Gasteiger partial charge in [0.05, 0.1) is 15.6 Å². The SMILES string of the molecule is O=[N+]([O-])c1cc(S(=O)(=O)Cc2ccccc2)ccc1O. The molecule has 0 radical (unpaired) electrons. The molecule has 20 heavy (non-hydrogen) atoms. The summed E-state index contributed by atoms with van der Waals surface area (Å²) in [5.74, 6) is -0.816. The molecule has 6 nitrogen and oxygen atoms in total. The summed E-state index contributed by atoms with van der Waals surface area (Å²) in [6, 6.07) is 11.5. The molecule has 0 aliphatic carbocycles. The van der Waals surface area contributed by atoms with Crippen LogP contribution in [0, 0.1) is 10.1 Å². The second-order valence-corrected chi connectivity index (χ2v) is 6.14. The number of aromatic hydroxyl groups is 1. The fourth-order valence-electron chi connectivity index (χ4n) is 1.72. The normalized spacial score (nSPS) is 11.2. The predicted octanol–water partition coefficient (Wildman–Crippen LogP) is 2.27. The van der Waals surface area contributed by atoms with Gasteiger partial charge in [0.15, 0.2) is 15.6 Å². The topological polar surface area (TPSA) is 97.5 Å². The summed E-state index contributed by atoms with van der Waals surface area (Å²) in [6.07, 6.45) is 0. The first kappa shape index (κ1) is 14.0. The molecule has 0 saturated carbocycles. The van der Waals surface area contributed by atoms with Crippen LogP contribution in [0.3, 0.4) is 0 Å². The van der Waals surface area contributed by atoms with E-state index in [-0.39, 0.29) is 10.6 Å². The third-order valence-electron chi connectivity index (χ3n) is 2.70. The van der Waals surface area contributed by atoms with Gasteiger partial charge in [-0.1, -0.05) is 30.3 Å². The van der Waals surface area contributed by atoms with Gasteiger partial charge in [-0.2, -0.15) is 0 Å². The van der Waals surface area contributed by atoms with Crippen LogP contribution in [0.25, 0.3) is 0 Å². The second-order valence-electron chi connectivity index (χ2n) is 4.15. The van der Waals surface area contributed by atoms with Crippen molar-refractivity contribution in [3.05, 3.63) is 64.2 Å². The summed E-state index contributed by atoms with van der Waals surface area (Å²) >= 11 is 0. The van der Waals surface area contributed by atoms with Crippen molar-refractivity contribution in [2.75, 3.05) is 0 Å². The first-order valence-corrected chi connectivity index (χ1v) is 7.29. The van der Waals surface area contributed by atoms with Gasteiger partial charge in [0.25, 0.3) is 0 Å². The molecule has 0 atom stereocenters. The third-order valence-corrected chi connectivity index (χ3v) is 4.39. The van der Waals surface area contributed by atoms with E-state index in [1.807, 2.05) is 0 Å². The maximum atomic E-state index is 12.2. The number of phenolic OH excluding ortho intramolecular Hbond substituents is 1. The smallest absolute Gasteiger partial charge is 0.311 e. The zero-order valence-corrected chi connectivity index (χ0v) is 11.1. The Kier molecular flexibility index (Phi) is 3.71. The lowest BCUT2D eigenvalue weighted by Gasteiger charge is -2.05. The molecule has 0 aromatic heterocycles.